The van der Waals surface area contributed by atoms with Crippen LogP contribution >= 0.6 is 0 Å². The Labute approximate surface area is 65.6 Å². The molecule has 0 aromatic heterocycles. The summed E-state index contributed by atoms with van der Waals surface area (Å²) in [7, 11) is 0. The zero-order valence-corrected chi connectivity index (χ0v) is 6.63. The fourth-order valence-corrected chi connectivity index (χ4v) is 0.875. The third-order valence-corrected chi connectivity index (χ3v) is 1.86. The first-order valence-electron chi connectivity index (χ1n) is 3.56. The Morgan fingerprint density at radius 1 is 1.27 bits per heavy atom. The quantitative estimate of drug-likeness (QED) is 0.487. The predicted molar refractivity (Wildman–Crippen MR) is 42.1 cm³/mol. The van der Waals surface area contributed by atoms with Crippen LogP contribution in [0.1, 0.15) is 13.8 Å². The van der Waals surface area contributed by atoms with Crippen LogP contribution in [-0.2, 0) is 9.59 Å². The Balaban J connectivity index is 3.02. The third kappa shape index (κ3) is 1.64. The molecule has 0 heterocycles. The first kappa shape index (κ1) is 7.92. The topological polar surface area (TPSA) is 34.1 Å². The summed E-state index contributed by atoms with van der Waals surface area (Å²) in [6.45, 7) is 3.81. The highest BCUT2D eigenvalue weighted by molar-refractivity contribution is 6.45. The molecule has 1 rings (SSSR count). The standard InChI is InChI=1S/C9H10O2/c1-6-3-4-8(10)9(11)5-7(6)2/h3-6H,1-2H3. The molecule has 0 N–H and O–H groups in total. The van der Waals surface area contributed by atoms with Crippen LogP contribution in [-0.4, -0.2) is 11.6 Å². The van der Waals surface area contributed by atoms with E-state index >= 15 is 0 Å². The van der Waals surface area contributed by atoms with E-state index in [0.29, 0.717) is 0 Å². The molecule has 1 unspecified atom stereocenters. The summed E-state index contributed by atoms with van der Waals surface area (Å²) in [6.07, 6.45) is 4.51. The zero-order chi connectivity index (χ0) is 8.43. The highest BCUT2D eigenvalue weighted by Gasteiger charge is 2.13. The van der Waals surface area contributed by atoms with Crippen LogP contribution in [0, 0.1) is 5.92 Å². The van der Waals surface area contributed by atoms with Gasteiger partial charge in [-0.15, -0.1) is 0 Å². The van der Waals surface area contributed by atoms with Gasteiger partial charge in [0.25, 0.3) is 0 Å². The second kappa shape index (κ2) is 2.82. The molecule has 1 aliphatic carbocycles. The lowest BCUT2D eigenvalue weighted by Gasteiger charge is -2.01. The van der Waals surface area contributed by atoms with Gasteiger partial charge in [0, 0.05) is 0 Å². The summed E-state index contributed by atoms with van der Waals surface area (Å²) in [6, 6.07) is 0. The van der Waals surface area contributed by atoms with Crippen molar-refractivity contribution in [3.8, 4) is 0 Å². The second-order valence-electron chi connectivity index (χ2n) is 2.76. The van der Waals surface area contributed by atoms with E-state index in [4.69, 9.17) is 0 Å². The summed E-state index contributed by atoms with van der Waals surface area (Å²) >= 11 is 0. The molecule has 2 nitrogen and oxygen atoms in total. The second-order valence-corrected chi connectivity index (χ2v) is 2.76. The molecule has 58 valence electrons. The first-order chi connectivity index (χ1) is 5.11. The highest BCUT2D eigenvalue weighted by Crippen LogP contribution is 2.13. The van der Waals surface area contributed by atoms with Gasteiger partial charge in [-0.1, -0.05) is 18.6 Å². The molecule has 0 aliphatic heterocycles. The van der Waals surface area contributed by atoms with Crippen LogP contribution in [0.15, 0.2) is 23.8 Å². The van der Waals surface area contributed by atoms with E-state index in [-0.39, 0.29) is 5.92 Å². The Hall–Kier alpha value is -1.18. The molecule has 0 saturated heterocycles. The molecule has 1 atom stereocenters. The maximum absolute atomic E-state index is 10.9. The minimum absolute atomic E-state index is 0.199. The maximum atomic E-state index is 10.9. The van der Waals surface area contributed by atoms with Crippen molar-refractivity contribution < 1.29 is 9.59 Å². The van der Waals surface area contributed by atoms with Gasteiger partial charge in [-0.3, -0.25) is 9.59 Å². The third-order valence-electron chi connectivity index (χ3n) is 1.86. The molecule has 1 aliphatic rings. The number of carbonyl (C=O) groups is 2. The van der Waals surface area contributed by atoms with Crippen molar-refractivity contribution in [1.82, 2.24) is 0 Å². The number of hydrogen-bond donors (Lipinski definition) is 0. The molecule has 11 heavy (non-hydrogen) atoms. The molecule has 0 saturated carbocycles. The van der Waals surface area contributed by atoms with E-state index in [1.807, 2.05) is 13.8 Å². The fraction of sp³-hybridized carbons (Fsp3) is 0.333. The van der Waals surface area contributed by atoms with E-state index in [9.17, 15) is 9.59 Å². The molecule has 0 bridgehead atoms. The minimum Gasteiger partial charge on any atom is -0.286 e. The van der Waals surface area contributed by atoms with Gasteiger partial charge in [0.2, 0.25) is 11.6 Å². The molecule has 0 amide bonds. The highest BCUT2D eigenvalue weighted by atomic mass is 16.2. The minimum atomic E-state index is -0.422. The van der Waals surface area contributed by atoms with Crippen LogP contribution < -0.4 is 0 Å². The molecular weight excluding hydrogens is 140 g/mol. The van der Waals surface area contributed by atoms with Gasteiger partial charge in [-0.05, 0) is 25.0 Å². The van der Waals surface area contributed by atoms with Crippen molar-refractivity contribution in [2.45, 2.75) is 13.8 Å². The van der Waals surface area contributed by atoms with Crippen molar-refractivity contribution >= 4 is 11.6 Å². The molecule has 0 aromatic carbocycles. The van der Waals surface area contributed by atoms with Crippen LogP contribution in [0.4, 0.5) is 0 Å². The van der Waals surface area contributed by atoms with Gasteiger partial charge in [0.15, 0.2) is 0 Å². The number of carbonyl (C=O) groups excluding carboxylic acids is 2. The molecule has 2 heteroatoms. The fourth-order valence-electron chi connectivity index (χ4n) is 0.875. The normalized spacial score (nSPS) is 24.9. The average molecular weight is 150 g/mol. The summed E-state index contributed by atoms with van der Waals surface area (Å²) in [4.78, 5) is 21.7. The van der Waals surface area contributed by atoms with Crippen LogP contribution in [0.25, 0.3) is 0 Å². The van der Waals surface area contributed by atoms with E-state index in [0.717, 1.165) is 5.57 Å². The summed E-state index contributed by atoms with van der Waals surface area (Å²) in [5.41, 5.74) is 0.942. The Morgan fingerprint density at radius 2 is 1.91 bits per heavy atom. The zero-order valence-electron chi connectivity index (χ0n) is 6.63. The molecule has 0 fully saturated rings. The van der Waals surface area contributed by atoms with Crippen molar-refractivity contribution in [1.29, 1.82) is 0 Å². The molecule has 0 spiro atoms. The number of allylic oxidation sites excluding steroid dienone is 4. The lowest BCUT2D eigenvalue weighted by atomic mass is 10.0. The van der Waals surface area contributed by atoms with Crippen molar-refractivity contribution in [2.24, 2.45) is 5.92 Å². The Bertz CT molecular complexity index is 259. The van der Waals surface area contributed by atoms with Crippen molar-refractivity contribution in [3.63, 3.8) is 0 Å². The van der Waals surface area contributed by atoms with Crippen LogP contribution in [0.5, 0.6) is 0 Å². The summed E-state index contributed by atoms with van der Waals surface area (Å²) in [5, 5.41) is 0. The average Bonchev–Trinajstić information content (AvgIpc) is 2.05. The summed E-state index contributed by atoms with van der Waals surface area (Å²) in [5.74, 6) is -0.637. The SMILES string of the molecule is CC1=CC(=O)C(=O)C=CC1C. The Morgan fingerprint density at radius 3 is 2.55 bits per heavy atom. The summed E-state index contributed by atoms with van der Waals surface area (Å²) < 4.78 is 0. The van der Waals surface area contributed by atoms with Crippen molar-refractivity contribution in [2.75, 3.05) is 0 Å². The first-order valence-corrected chi connectivity index (χ1v) is 3.56. The van der Waals surface area contributed by atoms with Gasteiger partial charge in [-0.2, -0.15) is 0 Å². The van der Waals surface area contributed by atoms with Crippen LogP contribution in [0.2, 0.25) is 0 Å². The van der Waals surface area contributed by atoms with E-state index in [1.165, 1.54) is 12.2 Å². The molecular formula is C9H10O2. The van der Waals surface area contributed by atoms with E-state index in [1.54, 1.807) is 6.08 Å². The van der Waals surface area contributed by atoms with Gasteiger partial charge in [0.1, 0.15) is 0 Å². The predicted octanol–water partition coefficient (Wildman–Crippen LogP) is 1.28. The van der Waals surface area contributed by atoms with Crippen molar-refractivity contribution in [3.05, 3.63) is 23.8 Å². The smallest absolute Gasteiger partial charge is 0.225 e. The van der Waals surface area contributed by atoms with Crippen LogP contribution in [0.3, 0.4) is 0 Å². The number of rotatable bonds is 0. The number of hydrogen-bond acceptors (Lipinski definition) is 2. The lowest BCUT2D eigenvalue weighted by Crippen LogP contribution is -2.05. The van der Waals surface area contributed by atoms with Gasteiger partial charge >= 0.3 is 0 Å². The Kier molecular flexibility index (Phi) is 2.03. The molecule has 0 radical (unpaired) electrons. The van der Waals surface area contributed by atoms with E-state index in [2.05, 4.69) is 0 Å². The number of ketones is 2. The van der Waals surface area contributed by atoms with E-state index < -0.39 is 11.6 Å². The van der Waals surface area contributed by atoms with Gasteiger partial charge < -0.3 is 0 Å². The monoisotopic (exact) mass is 150 g/mol. The maximum Gasteiger partial charge on any atom is 0.225 e. The van der Waals surface area contributed by atoms with Gasteiger partial charge in [-0.25, -0.2) is 0 Å². The largest absolute Gasteiger partial charge is 0.286 e. The van der Waals surface area contributed by atoms with Gasteiger partial charge in [0.05, 0.1) is 0 Å². The molecule has 0 aromatic rings. The lowest BCUT2D eigenvalue weighted by molar-refractivity contribution is -0.130.